The van der Waals surface area contributed by atoms with Gasteiger partial charge < -0.3 is 20.6 Å². The largest absolute Gasteiger partial charge is 0.508 e. The van der Waals surface area contributed by atoms with Crippen LogP contribution in [0.5, 0.6) is 11.5 Å². The third-order valence-electron chi connectivity index (χ3n) is 2.98. The fourth-order valence-corrected chi connectivity index (χ4v) is 1.87. The van der Waals surface area contributed by atoms with Crippen molar-refractivity contribution in [1.82, 2.24) is 10.3 Å². The van der Waals surface area contributed by atoms with Crippen LogP contribution in [0.15, 0.2) is 42.6 Å². The minimum Gasteiger partial charge on any atom is -0.508 e. The highest BCUT2D eigenvalue weighted by Gasteiger charge is 2.23. The Balaban J connectivity index is 2.12. The van der Waals surface area contributed by atoms with Gasteiger partial charge in [-0.2, -0.15) is 0 Å². The Labute approximate surface area is 125 Å². The van der Waals surface area contributed by atoms with Crippen molar-refractivity contribution in [3.05, 3.63) is 53.9 Å². The quantitative estimate of drug-likeness (QED) is 0.652. The van der Waals surface area contributed by atoms with E-state index in [1.54, 1.807) is 12.1 Å². The summed E-state index contributed by atoms with van der Waals surface area (Å²) < 4.78 is 0. The first-order chi connectivity index (χ1) is 10.5. The second-order valence-electron chi connectivity index (χ2n) is 4.61. The number of pyridine rings is 1. The van der Waals surface area contributed by atoms with Gasteiger partial charge in [-0.05, 0) is 29.8 Å². The zero-order chi connectivity index (χ0) is 16.1. The number of aromatic nitrogens is 1. The molecule has 7 heteroatoms. The van der Waals surface area contributed by atoms with Gasteiger partial charge in [0, 0.05) is 12.6 Å². The highest BCUT2D eigenvalue weighted by atomic mass is 16.4. The molecule has 2 rings (SSSR count). The van der Waals surface area contributed by atoms with Crippen molar-refractivity contribution in [3.8, 4) is 11.5 Å². The van der Waals surface area contributed by atoms with Crippen molar-refractivity contribution in [3.63, 3.8) is 0 Å². The summed E-state index contributed by atoms with van der Waals surface area (Å²) in [5.41, 5.74) is 0.398. The third-order valence-corrected chi connectivity index (χ3v) is 2.98. The standard InChI is InChI=1S/C15H14N2O5/c18-10-5-3-9(4-6-10)8-11(15(21)22)17-14(20)13-12(19)2-1-7-16-13/h1-7,11,18-19H,8H2,(H,17,20)(H,21,22)/t11-/m1/s1. The third kappa shape index (κ3) is 3.72. The van der Waals surface area contributed by atoms with Gasteiger partial charge in [-0.1, -0.05) is 12.1 Å². The molecule has 1 atom stereocenters. The summed E-state index contributed by atoms with van der Waals surface area (Å²) in [5, 5.41) is 30.3. The van der Waals surface area contributed by atoms with E-state index in [0.29, 0.717) is 5.56 Å². The second kappa shape index (κ2) is 6.57. The van der Waals surface area contributed by atoms with Gasteiger partial charge in [0.1, 0.15) is 17.5 Å². The minimum atomic E-state index is -1.21. The summed E-state index contributed by atoms with van der Waals surface area (Å²) >= 11 is 0. The molecule has 0 spiro atoms. The van der Waals surface area contributed by atoms with Gasteiger partial charge in [0.2, 0.25) is 0 Å². The summed E-state index contributed by atoms with van der Waals surface area (Å²) in [7, 11) is 0. The van der Waals surface area contributed by atoms with E-state index in [1.165, 1.54) is 30.5 Å². The number of benzene rings is 1. The van der Waals surface area contributed by atoms with Gasteiger partial charge in [0.05, 0.1) is 0 Å². The molecule has 7 nitrogen and oxygen atoms in total. The molecule has 4 N–H and O–H groups in total. The first-order valence-electron chi connectivity index (χ1n) is 6.43. The molecule has 0 aliphatic rings. The molecule has 1 amide bonds. The molecule has 114 valence electrons. The molecule has 1 heterocycles. The summed E-state index contributed by atoms with van der Waals surface area (Å²) in [6, 6.07) is 7.56. The average molecular weight is 302 g/mol. The van der Waals surface area contributed by atoms with Crippen molar-refractivity contribution >= 4 is 11.9 Å². The lowest BCUT2D eigenvalue weighted by atomic mass is 10.1. The number of hydrogen-bond donors (Lipinski definition) is 4. The van der Waals surface area contributed by atoms with E-state index in [0.717, 1.165) is 0 Å². The monoisotopic (exact) mass is 302 g/mol. The number of carbonyl (C=O) groups excluding carboxylic acids is 1. The van der Waals surface area contributed by atoms with Gasteiger partial charge in [-0.3, -0.25) is 4.79 Å². The van der Waals surface area contributed by atoms with Crippen LogP contribution in [0.25, 0.3) is 0 Å². The number of carboxylic acids is 1. The van der Waals surface area contributed by atoms with Crippen molar-refractivity contribution in [1.29, 1.82) is 0 Å². The highest BCUT2D eigenvalue weighted by molar-refractivity contribution is 5.97. The molecule has 0 saturated heterocycles. The van der Waals surface area contributed by atoms with Crippen LogP contribution in [0, 0.1) is 0 Å². The fourth-order valence-electron chi connectivity index (χ4n) is 1.87. The van der Waals surface area contributed by atoms with E-state index < -0.39 is 17.9 Å². The molecule has 1 aromatic heterocycles. The molecule has 0 radical (unpaired) electrons. The molecule has 0 aliphatic carbocycles. The smallest absolute Gasteiger partial charge is 0.326 e. The number of carboxylic acid groups (broad SMARTS) is 1. The van der Waals surface area contributed by atoms with E-state index in [4.69, 9.17) is 0 Å². The molecule has 0 saturated carbocycles. The normalized spacial score (nSPS) is 11.6. The maximum atomic E-state index is 12.0. The topological polar surface area (TPSA) is 120 Å². The predicted octanol–water partition coefficient (Wildman–Crippen LogP) is 0.918. The van der Waals surface area contributed by atoms with Crippen LogP contribution in [0.2, 0.25) is 0 Å². The Hall–Kier alpha value is -3.09. The lowest BCUT2D eigenvalue weighted by molar-refractivity contribution is -0.139. The Morgan fingerprint density at radius 1 is 1.14 bits per heavy atom. The molecule has 22 heavy (non-hydrogen) atoms. The minimum absolute atomic E-state index is 0.0367. The van der Waals surface area contributed by atoms with Crippen LogP contribution in [0.4, 0.5) is 0 Å². The van der Waals surface area contributed by atoms with Gasteiger partial charge in [0.25, 0.3) is 5.91 Å². The van der Waals surface area contributed by atoms with Crippen molar-refractivity contribution < 1.29 is 24.9 Å². The molecule has 0 fully saturated rings. The van der Waals surface area contributed by atoms with E-state index in [2.05, 4.69) is 10.3 Å². The molecular weight excluding hydrogens is 288 g/mol. The number of carbonyl (C=O) groups is 2. The second-order valence-corrected chi connectivity index (χ2v) is 4.61. The summed E-state index contributed by atoms with van der Waals surface area (Å²) in [6.45, 7) is 0. The van der Waals surface area contributed by atoms with Crippen LogP contribution in [-0.2, 0) is 11.2 Å². The number of hydrogen-bond acceptors (Lipinski definition) is 5. The number of amides is 1. The molecule has 0 aliphatic heterocycles. The zero-order valence-electron chi connectivity index (χ0n) is 11.4. The van der Waals surface area contributed by atoms with E-state index >= 15 is 0 Å². The lowest BCUT2D eigenvalue weighted by Crippen LogP contribution is -2.42. The summed E-state index contributed by atoms with van der Waals surface area (Å²) in [6.07, 6.45) is 1.36. The molecular formula is C15H14N2O5. The summed E-state index contributed by atoms with van der Waals surface area (Å²) in [5.74, 6) is -2.24. The van der Waals surface area contributed by atoms with Crippen LogP contribution in [0.3, 0.4) is 0 Å². The van der Waals surface area contributed by atoms with Crippen molar-refractivity contribution in [2.24, 2.45) is 0 Å². The Morgan fingerprint density at radius 3 is 2.41 bits per heavy atom. The lowest BCUT2D eigenvalue weighted by Gasteiger charge is -2.14. The van der Waals surface area contributed by atoms with E-state index in [9.17, 15) is 24.9 Å². The SMILES string of the molecule is O=C(N[C@H](Cc1ccc(O)cc1)C(=O)O)c1ncccc1O. The number of phenolic OH excluding ortho intramolecular Hbond substituents is 1. The molecule has 0 unspecified atom stereocenters. The number of aliphatic carboxylic acids is 1. The van der Waals surface area contributed by atoms with Gasteiger partial charge >= 0.3 is 5.97 Å². The maximum Gasteiger partial charge on any atom is 0.326 e. The Morgan fingerprint density at radius 2 is 1.82 bits per heavy atom. The molecule has 1 aromatic carbocycles. The van der Waals surface area contributed by atoms with Gasteiger partial charge in [-0.15, -0.1) is 0 Å². The van der Waals surface area contributed by atoms with Crippen LogP contribution >= 0.6 is 0 Å². The number of nitrogens with one attached hydrogen (secondary N) is 1. The van der Waals surface area contributed by atoms with E-state index in [-0.39, 0.29) is 23.6 Å². The number of nitrogens with zero attached hydrogens (tertiary/aromatic N) is 1. The molecule has 0 bridgehead atoms. The molecule has 2 aromatic rings. The van der Waals surface area contributed by atoms with E-state index in [1.807, 2.05) is 0 Å². The number of aromatic hydroxyl groups is 2. The zero-order valence-corrected chi connectivity index (χ0v) is 11.4. The summed E-state index contributed by atoms with van der Waals surface area (Å²) in [4.78, 5) is 27.0. The van der Waals surface area contributed by atoms with Crippen LogP contribution < -0.4 is 5.32 Å². The number of phenols is 1. The Kier molecular flexibility index (Phi) is 4.57. The first-order valence-corrected chi connectivity index (χ1v) is 6.43. The maximum absolute atomic E-state index is 12.0. The first kappa shape index (κ1) is 15.3. The number of rotatable bonds is 5. The van der Waals surface area contributed by atoms with Crippen molar-refractivity contribution in [2.75, 3.05) is 0 Å². The van der Waals surface area contributed by atoms with Gasteiger partial charge in [0.15, 0.2) is 5.69 Å². The van der Waals surface area contributed by atoms with Gasteiger partial charge in [-0.25, -0.2) is 9.78 Å². The predicted molar refractivity (Wildman–Crippen MR) is 76.6 cm³/mol. The van der Waals surface area contributed by atoms with Crippen molar-refractivity contribution in [2.45, 2.75) is 12.5 Å². The average Bonchev–Trinajstić information content (AvgIpc) is 2.49. The highest BCUT2D eigenvalue weighted by Crippen LogP contribution is 2.14. The van der Waals surface area contributed by atoms with Crippen LogP contribution in [-0.4, -0.2) is 38.2 Å². The van der Waals surface area contributed by atoms with Crippen LogP contribution in [0.1, 0.15) is 16.1 Å². The fraction of sp³-hybridized carbons (Fsp3) is 0.133. The Bertz CT molecular complexity index is 685.